The van der Waals surface area contributed by atoms with Crippen molar-refractivity contribution in [2.45, 2.75) is 51.0 Å². The van der Waals surface area contributed by atoms with Gasteiger partial charge in [-0.2, -0.15) is 0 Å². The molecule has 3 aromatic rings. The Labute approximate surface area is 209 Å². The molecule has 2 aromatic heterocycles. The number of piperidine rings is 1. The highest BCUT2D eigenvalue weighted by Gasteiger charge is 2.43. The molecule has 3 heterocycles. The molecule has 35 heavy (non-hydrogen) atoms. The van der Waals surface area contributed by atoms with Crippen LogP contribution in [0.1, 0.15) is 41.6 Å². The first kappa shape index (κ1) is 22.5. The minimum Gasteiger partial charge on any atom is -0.487 e. The Balaban J connectivity index is 1.14. The van der Waals surface area contributed by atoms with Crippen LogP contribution in [0.15, 0.2) is 59.7 Å². The molecule has 3 aliphatic rings. The minimum atomic E-state index is -0.166. The van der Waals surface area contributed by atoms with E-state index in [4.69, 9.17) is 16.3 Å². The number of halogens is 1. The van der Waals surface area contributed by atoms with Crippen LogP contribution in [0.5, 0.6) is 5.75 Å². The van der Waals surface area contributed by atoms with Gasteiger partial charge in [-0.05, 0) is 72.6 Å². The van der Waals surface area contributed by atoms with Crippen molar-refractivity contribution in [2.24, 2.45) is 5.92 Å². The lowest BCUT2D eigenvalue weighted by molar-refractivity contribution is 0.0529. The fourth-order valence-electron chi connectivity index (χ4n) is 5.77. The van der Waals surface area contributed by atoms with Crippen LogP contribution in [0.3, 0.4) is 0 Å². The van der Waals surface area contributed by atoms with Gasteiger partial charge < -0.3 is 9.84 Å². The summed E-state index contributed by atoms with van der Waals surface area (Å²) in [6, 6.07) is 13.9. The summed E-state index contributed by atoms with van der Waals surface area (Å²) in [6.07, 6.45) is 9.11. The molecular formula is C28H28ClN3O3. The van der Waals surface area contributed by atoms with Gasteiger partial charge in [-0.3, -0.25) is 19.2 Å². The number of likely N-dealkylation sites (tertiary alicyclic amines) is 1. The van der Waals surface area contributed by atoms with Crippen molar-refractivity contribution in [2.75, 3.05) is 6.54 Å². The lowest BCUT2D eigenvalue weighted by Crippen LogP contribution is -2.40. The number of aromatic nitrogens is 2. The summed E-state index contributed by atoms with van der Waals surface area (Å²) >= 11 is 5.87. The summed E-state index contributed by atoms with van der Waals surface area (Å²) in [4.78, 5) is 19.5. The number of aliphatic hydroxyl groups excluding tert-OH is 1. The standard InChI is InChI=1S/C28H28ClN3O3/c29-22-4-5-23(30-14-22)17-35-25-7-8-32(28(34)13-25)24-6-3-20-9-18(1-2-21(20)12-24)15-31-16-19-10-26(31)27(33)11-19/h1-2,4-5,7-9,12-14,19,26-27,33H,3,6,10-11,15-17H2/t19-,26+,27+/m0/s1. The van der Waals surface area contributed by atoms with Crippen molar-refractivity contribution in [1.82, 2.24) is 14.5 Å². The number of hydrogen-bond acceptors (Lipinski definition) is 5. The second-order valence-electron chi connectivity index (χ2n) is 9.90. The molecular weight excluding hydrogens is 462 g/mol. The van der Waals surface area contributed by atoms with Crippen molar-refractivity contribution in [1.29, 1.82) is 0 Å². The van der Waals surface area contributed by atoms with Crippen molar-refractivity contribution < 1.29 is 9.84 Å². The summed E-state index contributed by atoms with van der Waals surface area (Å²) in [6.45, 7) is 2.27. The van der Waals surface area contributed by atoms with E-state index in [9.17, 15) is 9.90 Å². The maximum absolute atomic E-state index is 12.8. The molecule has 0 amide bonds. The Morgan fingerprint density at radius 2 is 2.03 bits per heavy atom. The van der Waals surface area contributed by atoms with E-state index in [0.29, 0.717) is 22.7 Å². The van der Waals surface area contributed by atoms with Crippen molar-refractivity contribution in [3.63, 3.8) is 0 Å². The number of pyridine rings is 2. The molecule has 1 N–H and O–H groups in total. The Bertz CT molecular complexity index is 1330. The third kappa shape index (κ3) is 4.66. The van der Waals surface area contributed by atoms with E-state index < -0.39 is 0 Å². The van der Waals surface area contributed by atoms with Gasteiger partial charge in [0.25, 0.3) is 5.56 Å². The van der Waals surface area contributed by atoms with Crippen LogP contribution >= 0.6 is 11.6 Å². The average Bonchev–Trinajstić information content (AvgIpc) is 3.42. The summed E-state index contributed by atoms with van der Waals surface area (Å²) < 4.78 is 7.45. The van der Waals surface area contributed by atoms with Crippen LogP contribution in [0.2, 0.25) is 5.02 Å². The Morgan fingerprint density at radius 3 is 2.80 bits per heavy atom. The molecule has 0 spiro atoms. The van der Waals surface area contributed by atoms with Crippen LogP contribution in [0.25, 0.3) is 11.8 Å². The van der Waals surface area contributed by atoms with E-state index in [-0.39, 0.29) is 18.3 Å². The number of rotatable bonds is 6. The lowest BCUT2D eigenvalue weighted by Gasteiger charge is -2.30. The molecule has 1 saturated carbocycles. The molecule has 180 valence electrons. The van der Waals surface area contributed by atoms with Crippen LogP contribution in [0.4, 0.5) is 0 Å². The Hall–Kier alpha value is -2.93. The number of nitrogens with zero attached hydrogens (tertiary/aromatic N) is 3. The van der Waals surface area contributed by atoms with Gasteiger partial charge in [-0.25, -0.2) is 0 Å². The van der Waals surface area contributed by atoms with E-state index in [1.165, 1.54) is 22.8 Å². The molecule has 0 unspecified atom stereocenters. The van der Waals surface area contributed by atoms with Gasteiger partial charge in [0.2, 0.25) is 0 Å². The van der Waals surface area contributed by atoms with Gasteiger partial charge in [0, 0.05) is 43.3 Å². The molecule has 1 aromatic carbocycles. The van der Waals surface area contributed by atoms with Crippen LogP contribution < -0.4 is 10.3 Å². The van der Waals surface area contributed by atoms with E-state index in [1.54, 1.807) is 29.1 Å². The fraction of sp³-hybridized carbons (Fsp3) is 0.357. The second-order valence-corrected chi connectivity index (χ2v) is 10.3. The monoisotopic (exact) mass is 489 g/mol. The van der Waals surface area contributed by atoms with Gasteiger partial charge >= 0.3 is 0 Å². The maximum Gasteiger partial charge on any atom is 0.258 e. The average molecular weight is 490 g/mol. The SMILES string of the molecule is O=c1cc(OCc2ccc(Cl)cn2)ccn1C1=Cc2ccc(CN3C[C@@H]4C[C@@H](O)[C@H]3C4)cc2CC1. The highest BCUT2D eigenvalue weighted by atomic mass is 35.5. The molecule has 2 aliphatic carbocycles. The smallest absolute Gasteiger partial charge is 0.258 e. The van der Waals surface area contributed by atoms with E-state index in [0.717, 1.165) is 50.2 Å². The predicted octanol–water partition coefficient (Wildman–Crippen LogP) is 4.38. The molecule has 2 bridgehead atoms. The van der Waals surface area contributed by atoms with Crippen LogP contribution in [-0.4, -0.2) is 38.2 Å². The quantitative estimate of drug-likeness (QED) is 0.556. The lowest BCUT2D eigenvalue weighted by atomic mass is 9.93. The van der Waals surface area contributed by atoms with E-state index in [1.807, 2.05) is 6.07 Å². The summed E-state index contributed by atoms with van der Waals surface area (Å²) in [5.74, 6) is 1.17. The third-order valence-corrected chi connectivity index (χ3v) is 7.72. The maximum atomic E-state index is 12.8. The predicted molar refractivity (Wildman–Crippen MR) is 136 cm³/mol. The number of ether oxygens (including phenoxy) is 1. The summed E-state index contributed by atoms with van der Waals surface area (Å²) in [5.41, 5.74) is 5.41. The zero-order valence-electron chi connectivity index (χ0n) is 19.4. The molecule has 1 aliphatic heterocycles. The molecule has 1 saturated heterocycles. The van der Waals surface area contributed by atoms with Gasteiger partial charge in [-0.1, -0.05) is 29.8 Å². The fourth-order valence-corrected chi connectivity index (χ4v) is 5.89. The van der Waals surface area contributed by atoms with E-state index >= 15 is 0 Å². The number of hydrogen-bond donors (Lipinski definition) is 1. The van der Waals surface area contributed by atoms with Gasteiger partial charge in [-0.15, -0.1) is 0 Å². The number of aryl methyl sites for hydroxylation is 1. The molecule has 7 heteroatoms. The molecule has 3 atom stereocenters. The van der Waals surface area contributed by atoms with E-state index in [2.05, 4.69) is 34.2 Å². The van der Waals surface area contributed by atoms with Crippen molar-refractivity contribution in [3.8, 4) is 5.75 Å². The number of allylic oxidation sites excluding steroid dienone is 1. The number of aliphatic hydroxyl groups is 1. The third-order valence-electron chi connectivity index (χ3n) is 7.50. The van der Waals surface area contributed by atoms with Crippen molar-refractivity contribution in [3.05, 3.63) is 92.6 Å². The second kappa shape index (κ2) is 9.26. The molecule has 6 rings (SSSR count). The normalized spacial score (nSPS) is 23.3. The van der Waals surface area contributed by atoms with Crippen LogP contribution in [-0.2, 0) is 19.6 Å². The van der Waals surface area contributed by atoms with Gasteiger partial charge in [0.1, 0.15) is 12.4 Å². The largest absolute Gasteiger partial charge is 0.487 e. The minimum absolute atomic E-state index is 0.111. The van der Waals surface area contributed by atoms with Crippen molar-refractivity contribution >= 4 is 23.4 Å². The topological polar surface area (TPSA) is 67.6 Å². The van der Waals surface area contributed by atoms with Gasteiger partial charge in [0.15, 0.2) is 0 Å². The highest BCUT2D eigenvalue weighted by molar-refractivity contribution is 6.30. The molecule has 0 radical (unpaired) electrons. The highest BCUT2D eigenvalue weighted by Crippen LogP contribution is 2.38. The number of benzene rings is 1. The first-order chi connectivity index (χ1) is 17.0. The Morgan fingerprint density at radius 1 is 1.11 bits per heavy atom. The zero-order valence-corrected chi connectivity index (χ0v) is 20.2. The summed E-state index contributed by atoms with van der Waals surface area (Å²) in [5, 5.41) is 10.8. The van der Waals surface area contributed by atoms with Crippen LogP contribution in [0, 0.1) is 5.92 Å². The molecule has 2 fully saturated rings. The first-order valence-electron chi connectivity index (χ1n) is 12.2. The molecule has 6 nitrogen and oxygen atoms in total. The number of fused-ring (bicyclic) bond motifs is 3. The van der Waals surface area contributed by atoms with Gasteiger partial charge in [0.05, 0.1) is 16.8 Å². The zero-order chi connectivity index (χ0) is 23.9. The summed E-state index contributed by atoms with van der Waals surface area (Å²) in [7, 11) is 0. The first-order valence-corrected chi connectivity index (χ1v) is 12.6. The Kier molecular flexibility index (Phi) is 5.96.